The number of likely N-dealkylation sites (N-methyl/N-ethyl adjacent to an activating group) is 1. The number of anilines is 2. The van der Waals surface area contributed by atoms with E-state index in [0.29, 0.717) is 6.54 Å². The van der Waals surface area contributed by atoms with E-state index in [0.717, 1.165) is 11.4 Å². The Bertz CT molecular complexity index is 360. The second-order valence-corrected chi connectivity index (χ2v) is 3.33. The molecule has 1 amide bonds. The van der Waals surface area contributed by atoms with Gasteiger partial charge in [-0.25, -0.2) is 0 Å². The van der Waals surface area contributed by atoms with Gasteiger partial charge in [0.05, 0.1) is 17.9 Å². The molecule has 1 aromatic carbocycles. The Morgan fingerprint density at radius 3 is 3.00 bits per heavy atom. The molecule has 0 saturated heterocycles. The highest BCUT2D eigenvalue weighted by Crippen LogP contribution is 2.28. The molecule has 1 aromatic rings. The molecule has 0 aliphatic carbocycles. The van der Waals surface area contributed by atoms with Crippen molar-refractivity contribution in [2.75, 3.05) is 23.8 Å². The van der Waals surface area contributed by atoms with Crippen LogP contribution in [0, 0.1) is 6.92 Å². The number of carbonyl (C=O) groups is 1. The van der Waals surface area contributed by atoms with Gasteiger partial charge in [0.1, 0.15) is 0 Å². The van der Waals surface area contributed by atoms with Crippen LogP contribution < -0.4 is 10.2 Å². The van der Waals surface area contributed by atoms with Crippen LogP contribution in [0.4, 0.5) is 11.4 Å². The van der Waals surface area contributed by atoms with Crippen LogP contribution in [-0.4, -0.2) is 19.5 Å². The third-order valence-electron chi connectivity index (χ3n) is 2.32. The normalized spacial score (nSPS) is 15.2. The number of nitrogens with zero attached hydrogens (tertiary/aromatic N) is 1. The molecule has 13 heavy (non-hydrogen) atoms. The minimum atomic E-state index is 0.108. The Morgan fingerprint density at radius 2 is 2.23 bits per heavy atom. The van der Waals surface area contributed by atoms with Crippen LogP contribution in [0.25, 0.3) is 0 Å². The van der Waals surface area contributed by atoms with Crippen molar-refractivity contribution < 1.29 is 4.79 Å². The summed E-state index contributed by atoms with van der Waals surface area (Å²) in [6.07, 6.45) is 0. The lowest BCUT2D eigenvalue weighted by molar-refractivity contribution is -0.116. The van der Waals surface area contributed by atoms with E-state index < -0.39 is 0 Å². The number of carbonyl (C=O) groups excluding carboxylic acids is 1. The molecular weight excluding hydrogens is 164 g/mol. The van der Waals surface area contributed by atoms with Crippen molar-refractivity contribution in [3.05, 3.63) is 23.8 Å². The zero-order chi connectivity index (χ0) is 9.42. The quantitative estimate of drug-likeness (QED) is 0.647. The third kappa shape index (κ3) is 1.26. The first-order valence-electron chi connectivity index (χ1n) is 4.29. The Morgan fingerprint density at radius 1 is 1.46 bits per heavy atom. The minimum absolute atomic E-state index is 0.108. The van der Waals surface area contributed by atoms with Crippen LogP contribution >= 0.6 is 0 Å². The van der Waals surface area contributed by atoms with Gasteiger partial charge in [-0.3, -0.25) is 4.79 Å². The van der Waals surface area contributed by atoms with Gasteiger partial charge in [-0.05, 0) is 24.6 Å². The van der Waals surface area contributed by atoms with Crippen LogP contribution in [0.1, 0.15) is 5.56 Å². The predicted molar refractivity (Wildman–Crippen MR) is 53.1 cm³/mol. The first kappa shape index (κ1) is 8.10. The molecule has 0 aromatic heterocycles. The van der Waals surface area contributed by atoms with Gasteiger partial charge in [-0.1, -0.05) is 6.07 Å². The van der Waals surface area contributed by atoms with Crippen LogP contribution in [0.15, 0.2) is 18.2 Å². The van der Waals surface area contributed by atoms with E-state index in [9.17, 15) is 4.79 Å². The maximum atomic E-state index is 11.3. The Balaban J connectivity index is 2.49. The molecule has 1 N–H and O–H groups in total. The van der Waals surface area contributed by atoms with E-state index in [4.69, 9.17) is 0 Å². The average Bonchev–Trinajstić information content (AvgIpc) is 2.12. The Labute approximate surface area is 77.4 Å². The molecule has 0 fully saturated rings. The molecule has 1 aliphatic rings. The standard InChI is InChI=1S/C10H12N2O/c1-7-3-4-9-8(5-7)11-6-10(13)12(9)2/h3-5,11H,6H2,1-2H3. The molecule has 68 valence electrons. The Kier molecular flexibility index (Phi) is 1.72. The van der Waals surface area contributed by atoms with Crippen LogP contribution in [0.3, 0.4) is 0 Å². The summed E-state index contributed by atoms with van der Waals surface area (Å²) in [5.41, 5.74) is 3.21. The number of fused-ring (bicyclic) bond motifs is 1. The Hall–Kier alpha value is -1.51. The molecule has 1 aliphatic heterocycles. The van der Waals surface area contributed by atoms with Crippen molar-refractivity contribution in [2.45, 2.75) is 6.92 Å². The first-order valence-corrected chi connectivity index (χ1v) is 4.29. The number of nitrogens with one attached hydrogen (secondary N) is 1. The van der Waals surface area contributed by atoms with Gasteiger partial charge < -0.3 is 10.2 Å². The van der Waals surface area contributed by atoms with Gasteiger partial charge in [-0.15, -0.1) is 0 Å². The first-order chi connectivity index (χ1) is 6.18. The fourth-order valence-corrected chi connectivity index (χ4v) is 1.51. The minimum Gasteiger partial charge on any atom is -0.374 e. The topological polar surface area (TPSA) is 32.3 Å². The van der Waals surface area contributed by atoms with Gasteiger partial charge in [0.25, 0.3) is 0 Å². The molecule has 2 rings (SSSR count). The van der Waals surface area contributed by atoms with E-state index in [1.807, 2.05) is 19.1 Å². The van der Waals surface area contributed by atoms with Crippen molar-refractivity contribution in [3.63, 3.8) is 0 Å². The summed E-state index contributed by atoms with van der Waals surface area (Å²) in [5, 5.41) is 3.09. The SMILES string of the molecule is Cc1ccc2c(c1)NCC(=O)N2C. The lowest BCUT2D eigenvalue weighted by atomic mass is 10.1. The fourth-order valence-electron chi connectivity index (χ4n) is 1.51. The lowest BCUT2D eigenvalue weighted by Gasteiger charge is -2.26. The molecule has 0 spiro atoms. The number of hydrogen-bond donors (Lipinski definition) is 1. The van der Waals surface area contributed by atoms with E-state index in [-0.39, 0.29) is 5.91 Å². The summed E-state index contributed by atoms with van der Waals surface area (Å²) in [5.74, 6) is 0.108. The second-order valence-electron chi connectivity index (χ2n) is 3.33. The van der Waals surface area contributed by atoms with E-state index in [1.165, 1.54) is 5.56 Å². The van der Waals surface area contributed by atoms with Crippen molar-refractivity contribution >= 4 is 17.3 Å². The molecule has 3 heteroatoms. The summed E-state index contributed by atoms with van der Waals surface area (Å²) >= 11 is 0. The van der Waals surface area contributed by atoms with Crippen molar-refractivity contribution in [1.82, 2.24) is 0 Å². The second kappa shape index (κ2) is 2.76. The number of hydrogen-bond acceptors (Lipinski definition) is 2. The highest BCUT2D eigenvalue weighted by molar-refractivity contribution is 6.02. The van der Waals surface area contributed by atoms with E-state index in [2.05, 4.69) is 11.4 Å². The van der Waals surface area contributed by atoms with Gasteiger partial charge >= 0.3 is 0 Å². The number of aryl methyl sites for hydroxylation is 1. The molecule has 0 saturated carbocycles. The fraction of sp³-hybridized carbons (Fsp3) is 0.300. The summed E-state index contributed by atoms with van der Waals surface area (Å²) in [4.78, 5) is 13.0. The molecule has 0 unspecified atom stereocenters. The zero-order valence-corrected chi connectivity index (χ0v) is 7.79. The van der Waals surface area contributed by atoms with Gasteiger partial charge in [-0.2, -0.15) is 0 Å². The monoisotopic (exact) mass is 176 g/mol. The molecule has 0 bridgehead atoms. The number of rotatable bonds is 0. The van der Waals surface area contributed by atoms with Crippen molar-refractivity contribution in [1.29, 1.82) is 0 Å². The lowest BCUT2D eigenvalue weighted by Crippen LogP contribution is -2.36. The van der Waals surface area contributed by atoms with Crippen LogP contribution in [0.2, 0.25) is 0 Å². The smallest absolute Gasteiger partial charge is 0.246 e. The average molecular weight is 176 g/mol. The van der Waals surface area contributed by atoms with Crippen LogP contribution in [0.5, 0.6) is 0 Å². The number of amides is 1. The highest BCUT2D eigenvalue weighted by Gasteiger charge is 2.19. The maximum Gasteiger partial charge on any atom is 0.246 e. The summed E-state index contributed by atoms with van der Waals surface area (Å²) in [6, 6.07) is 6.03. The summed E-state index contributed by atoms with van der Waals surface area (Å²) < 4.78 is 0. The molecule has 1 heterocycles. The molecule has 0 atom stereocenters. The predicted octanol–water partition coefficient (Wildman–Crippen LogP) is 1.38. The largest absolute Gasteiger partial charge is 0.374 e. The molecule has 0 radical (unpaired) electrons. The third-order valence-corrected chi connectivity index (χ3v) is 2.32. The van der Waals surface area contributed by atoms with Crippen LogP contribution in [-0.2, 0) is 4.79 Å². The summed E-state index contributed by atoms with van der Waals surface area (Å²) in [7, 11) is 1.80. The number of benzene rings is 1. The molecule has 3 nitrogen and oxygen atoms in total. The molecular formula is C10H12N2O. The van der Waals surface area contributed by atoms with Crippen molar-refractivity contribution in [2.24, 2.45) is 0 Å². The van der Waals surface area contributed by atoms with Crippen molar-refractivity contribution in [3.8, 4) is 0 Å². The van der Waals surface area contributed by atoms with Gasteiger partial charge in [0.15, 0.2) is 0 Å². The zero-order valence-electron chi connectivity index (χ0n) is 7.79. The summed E-state index contributed by atoms with van der Waals surface area (Å²) in [6.45, 7) is 2.44. The van der Waals surface area contributed by atoms with Gasteiger partial charge in [0, 0.05) is 7.05 Å². The highest BCUT2D eigenvalue weighted by atomic mass is 16.2. The maximum absolute atomic E-state index is 11.3. The van der Waals surface area contributed by atoms with Gasteiger partial charge in [0.2, 0.25) is 5.91 Å². The van der Waals surface area contributed by atoms with E-state index >= 15 is 0 Å². The van der Waals surface area contributed by atoms with E-state index in [1.54, 1.807) is 11.9 Å².